The number of para-hydroxylation sites is 2. The molecule has 1 saturated heterocycles. The SMILES string of the molecule is CC12CCCC(=O)N1c1ccccc1N2. The molecule has 1 N–H and O–H groups in total. The summed E-state index contributed by atoms with van der Waals surface area (Å²) in [6, 6.07) is 8.02. The van der Waals surface area contributed by atoms with Crippen molar-refractivity contribution < 1.29 is 4.79 Å². The van der Waals surface area contributed by atoms with Crippen LogP contribution < -0.4 is 10.2 Å². The fourth-order valence-electron chi connectivity index (χ4n) is 2.67. The Labute approximate surface area is 89.1 Å². The Bertz CT molecular complexity index is 429. The molecule has 0 saturated carbocycles. The summed E-state index contributed by atoms with van der Waals surface area (Å²) in [6.07, 6.45) is 2.67. The van der Waals surface area contributed by atoms with Crippen LogP contribution in [0.2, 0.25) is 0 Å². The van der Waals surface area contributed by atoms with Gasteiger partial charge >= 0.3 is 0 Å². The zero-order valence-electron chi connectivity index (χ0n) is 8.79. The van der Waals surface area contributed by atoms with Crippen LogP contribution in [-0.2, 0) is 4.79 Å². The predicted octanol–water partition coefficient (Wildman–Crippen LogP) is 2.35. The van der Waals surface area contributed by atoms with E-state index in [4.69, 9.17) is 0 Å². The first kappa shape index (κ1) is 8.77. The molecule has 2 aliphatic heterocycles. The molecule has 0 radical (unpaired) electrons. The molecule has 3 rings (SSSR count). The minimum absolute atomic E-state index is 0.195. The van der Waals surface area contributed by atoms with Gasteiger partial charge in [-0.3, -0.25) is 9.69 Å². The molecule has 0 bridgehead atoms. The molecule has 0 spiro atoms. The van der Waals surface area contributed by atoms with Crippen molar-refractivity contribution in [2.75, 3.05) is 10.2 Å². The van der Waals surface area contributed by atoms with E-state index >= 15 is 0 Å². The van der Waals surface area contributed by atoms with Gasteiger partial charge in [0.2, 0.25) is 5.91 Å². The topological polar surface area (TPSA) is 32.3 Å². The zero-order chi connectivity index (χ0) is 10.5. The Morgan fingerprint density at radius 1 is 1.40 bits per heavy atom. The lowest BCUT2D eigenvalue weighted by Crippen LogP contribution is -2.54. The average Bonchev–Trinajstić information content (AvgIpc) is 2.50. The molecule has 0 aromatic heterocycles. The van der Waals surface area contributed by atoms with Crippen LogP contribution in [0.5, 0.6) is 0 Å². The molecule has 2 heterocycles. The van der Waals surface area contributed by atoms with E-state index in [9.17, 15) is 4.79 Å². The molecular formula is C12H14N2O. The molecule has 3 heteroatoms. The van der Waals surface area contributed by atoms with Crippen LogP contribution >= 0.6 is 0 Å². The molecule has 1 amide bonds. The number of hydrogen-bond donors (Lipinski definition) is 1. The number of carbonyl (C=O) groups excluding carboxylic acids is 1. The molecule has 3 nitrogen and oxygen atoms in total. The van der Waals surface area contributed by atoms with Gasteiger partial charge < -0.3 is 5.32 Å². The highest BCUT2D eigenvalue weighted by atomic mass is 16.2. The molecule has 1 fully saturated rings. The number of carbonyl (C=O) groups is 1. The summed E-state index contributed by atoms with van der Waals surface area (Å²) >= 11 is 0. The molecular weight excluding hydrogens is 188 g/mol. The summed E-state index contributed by atoms with van der Waals surface area (Å²) < 4.78 is 0. The van der Waals surface area contributed by atoms with Crippen LogP contribution in [0.4, 0.5) is 11.4 Å². The number of hydrogen-bond acceptors (Lipinski definition) is 2. The third kappa shape index (κ3) is 1.09. The maximum atomic E-state index is 11.9. The van der Waals surface area contributed by atoms with E-state index in [1.807, 2.05) is 29.2 Å². The molecule has 1 aromatic carbocycles. The van der Waals surface area contributed by atoms with Crippen LogP contribution in [0.15, 0.2) is 24.3 Å². The van der Waals surface area contributed by atoms with Crippen molar-refractivity contribution in [2.45, 2.75) is 31.8 Å². The number of piperidine rings is 1. The van der Waals surface area contributed by atoms with E-state index in [0.29, 0.717) is 6.42 Å². The fraction of sp³-hybridized carbons (Fsp3) is 0.417. The van der Waals surface area contributed by atoms with Crippen molar-refractivity contribution in [3.05, 3.63) is 24.3 Å². The van der Waals surface area contributed by atoms with Gasteiger partial charge in [-0.1, -0.05) is 12.1 Å². The van der Waals surface area contributed by atoms with Crippen LogP contribution in [0.25, 0.3) is 0 Å². The van der Waals surface area contributed by atoms with Gasteiger partial charge in [0, 0.05) is 6.42 Å². The van der Waals surface area contributed by atoms with E-state index in [-0.39, 0.29) is 11.6 Å². The second kappa shape index (κ2) is 2.75. The van der Waals surface area contributed by atoms with Gasteiger partial charge in [0.25, 0.3) is 0 Å². The van der Waals surface area contributed by atoms with Crippen molar-refractivity contribution in [3.8, 4) is 0 Å². The van der Waals surface area contributed by atoms with Crippen LogP contribution in [0.3, 0.4) is 0 Å². The predicted molar refractivity (Wildman–Crippen MR) is 59.8 cm³/mol. The number of rotatable bonds is 0. The van der Waals surface area contributed by atoms with Crippen molar-refractivity contribution in [1.29, 1.82) is 0 Å². The van der Waals surface area contributed by atoms with Gasteiger partial charge in [-0.05, 0) is 31.9 Å². The van der Waals surface area contributed by atoms with Gasteiger partial charge in [-0.2, -0.15) is 0 Å². The summed E-state index contributed by atoms with van der Waals surface area (Å²) in [5.41, 5.74) is 1.92. The minimum atomic E-state index is -0.195. The number of nitrogens with zero attached hydrogens (tertiary/aromatic N) is 1. The summed E-state index contributed by atoms with van der Waals surface area (Å²) in [5.74, 6) is 0.237. The van der Waals surface area contributed by atoms with E-state index in [2.05, 4.69) is 12.2 Å². The first-order valence-corrected chi connectivity index (χ1v) is 5.41. The lowest BCUT2D eigenvalue weighted by atomic mass is 9.97. The monoisotopic (exact) mass is 202 g/mol. The van der Waals surface area contributed by atoms with Crippen molar-refractivity contribution >= 4 is 17.3 Å². The third-order valence-corrected chi connectivity index (χ3v) is 3.35. The highest BCUT2D eigenvalue weighted by Gasteiger charge is 2.44. The summed E-state index contributed by atoms with van der Waals surface area (Å²) in [6.45, 7) is 2.10. The zero-order valence-corrected chi connectivity index (χ0v) is 8.79. The maximum absolute atomic E-state index is 11.9. The standard InChI is InChI=1S/C12H14N2O/c1-12-8-4-7-11(15)14(12)10-6-3-2-5-9(10)13-12/h2-3,5-6,13H,4,7-8H2,1H3. The summed E-state index contributed by atoms with van der Waals surface area (Å²) in [7, 11) is 0. The Balaban J connectivity index is 2.13. The fourth-order valence-corrected chi connectivity index (χ4v) is 2.67. The average molecular weight is 202 g/mol. The minimum Gasteiger partial charge on any atom is -0.361 e. The maximum Gasteiger partial charge on any atom is 0.228 e. The normalized spacial score (nSPS) is 28.3. The van der Waals surface area contributed by atoms with Gasteiger partial charge in [0.05, 0.1) is 11.4 Å². The second-order valence-corrected chi connectivity index (χ2v) is 4.50. The van der Waals surface area contributed by atoms with E-state index in [0.717, 1.165) is 24.2 Å². The van der Waals surface area contributed by atoms with Crippen LogP contribution in [0.1, 0.15) is 26.2 Å². The van der Waals surface area contributed by atoms with Crippen molar-refractivity contribution in [1.82, 2.24) is 0 Å². The van der Waals surface area contributed by atoms with Gasteiger partial charge in [0.15, 0.2) is 0 Å². The molecule has 1 unspecified atom stereocenters. The van der Waals surface area contributed by atoms with Crippen LogP contribution in [0, 0.1) is 0 Å². The van der Waals surface area contributed by atoms with Crippen LogP contribution in [-0.4, -0.2) is 11.6 Å². The number of benzene rings is 1. The van der Waals surface area contributed by atoms with Crippen molar-refractivity contribution in [3.63, 3.8) is 0 Å². The van der Waals surface area contributed by atoms with E-state index in [1.165, 1.54) is 0 Å². The van der Waals surface area contributed by atoms with Crippen molar-refractivity contribution in [2.24, 2.45) is 0 Å². The Morgan fingerprint density at radius 2 is 2.20 bits per heavy atom. The molecule has 0 aliphatic carbocycles. The lowest BCUT2D eigenvalue weighted by molar-refractivity contribution is -0.120. The first-order chi connectivity index (χ1) is 7.21. The summed E-state index contributed by atoms with van der Waals surface area (Å²) in [5, 5.41) is 3.45. The lowest BCUT2D eigenvalue weighted by Gasteiger charge is -2.39. The van der Waals surface area contributed by atoms with Gasteiger partial charge in [0.1, 0.15) is 5.66 Å². The molecule has 15 heavy (non-hydrogen) atoms. The third-order valence-electron chi connectivity index (χ3n) is 3.35. The molecule has 78 valence electrons. The molecule has 2 aliphatic rings. The largest absolute Gasteiger partial charge is 0.361 e. The number of nitrogens with one attached hydrogen (secondary N) is 1. The van der Waals surface area contributed by atoms with Gasteiger partial charge in [-0.15, -0.1) is 0 Å². The van der Waals surface area contributed by atoms with E-state index < -0.39 is 0 Å². The summed E-state index contributed by atoms with van der Waals surface area (Å²) in [4.78, 5) is 13.9. The molecule has 1 aromatic rings. The highest BCUT2D eigenvalue weighted by molar-refractivity contribution is 6.02. The Hall–Kier alpha value is -1.51. The Kier molecular flexibility index (Phi) is 1.61. The van der Waals surface area contributed by atoms with Gasteiger partial charge in [-0.25, -0.2) is 0 Å². The van der Waals surface area contributed by atoms with E-state index in [1.54, 1.807) is 0 Å². The number of amides is 1. The Morgan fingerprint density at radius 3 is 3.07 bits per heavy atom. The smallest absolute Gasteiger partial charge is 0.228 e. The second-order valence-electron chi connectivity index (χ2n) is 4.50. The number of anilines is 2. The number of fused-ring (bicyclic) bond motifs is 3. The highest BCUT2D eigenvalue weighted by Crippen LogP contribution is 2.44. The quantitative estimate of drug-likeness (QED) is 0.700. The first-order valence-electron chi connectivity index (χ1n) is 5.41. The molecule has 1 atom stereocenters.